The molecule has 0 bridgehead atoms. The Morgan fingerprint density at radius 3 is 2.62 bits per heavy atom. The molecule has 0 saturated carbocycles. The van der Waals surface area contributed by atoms with Gasteiger partial charge in [0.15, 0.2) is 5.54 Å². The number of rotatable bonds is 12. The van der Waals surface area contributed by atoms with Gasteiger partial charge in [0.05, 0.1) is 25.9 Å². The molecule has 40 heavy (non-hydrogen) atoms. The number of esters is 2. The van der Waals surface area contributed by atoms with E-state index in [1.54, 1.807) is 13.0 Å². The number of nitrogens with two attached hydrogens (primary N) is 1. The van der Waals surface area contributed by atoms with Gasteiger partial charge < -0.3 is 24.7 Å². The van der Waals surface area contributed by atoms with Crippen LogP contribution in [0, 0.1) is 0 Å². The van der Waals surface area contributed by atoms with E-state index in [0.29, 0.717) is 30.5 Å². The highest BCUT2D eigenvalue weighted by Gasteiger charge is 2.48. The molecule has 2 N–H and O–H groups in total. The van der Waals surface area contributed by atoms with Crippen LogP contribution in [-0.2, 0) is 41.6 Å². The minimum absolute atomic E-state index is 0.0750. The third-order valence-corrected chi connectivity index (χ3v) is 7.55. The van der Waals surface area contributed by atoms with E-state index in [1.807, 2.05) is 55.5 Å². The fraction of sp³-hybridized carbons (Fsp3) is 0.500. The number of methoxy groups -OCH3 is 1. The summed E-state index contributed by atoms with van der Waals surface area (Å²) in [4.78, 5) is 32.5. The van der Waals surface area contributed by atoms with Gasteiger partial charge in [-0.1, -0.05) is 54.1 Å². The maximum absolute atomic E-state index is 13.0. The summed E-state index contributed by atoms with van der Waals surface area (Å²) >= 11 is 6.18. The van der Waals surface area contributed by atoms with E-state index in [4.69, 9.17) is 41.3 Å². The van der Waals surface area contributed by atoms with Crippen molar-refractivity contribution in [2.45, 2.75) is 69.5 Å². The quantitative estimate of drug-likeness (QED) is 0.385. The number of halogens is 1. The summed E-state index contributed by atoms with van der Waals surface area (Å²) in [5.41, 5.74) is 6.50. The summed E-state index contributed by atoms with van der Waals surface area (Å²) in [6.07, 6.45) is 1.03. The van der Waals surface area contributed by atoms with E-state index < -0.39 is 35.7 Å². The lowest BCUT2D eigenvalue weighted by atomic mass is 9.92. The van der Waals surface area contributed by atoms with Gasteiger partial charge in [0.25, 0.3) is 0 Å². The van der Waals surface area contributed by atoms with Crippen LogP contribution in [0.4, 0.5) is 0 Å². The number of carbonyl (C=O) groups is 2. The molecule has 2 heterocycles. The minimum Gasteiger partial charge on any atom is -0.477 e. The van der Waals surface area contributed by atoms with Crippen LogP contribution in [0.5, 0.6) is 0 Å². The Bertz CT molecular complexity index is 1190. The van der Waals surface area contributed by atoms with Crippen LogP contribution in [0.1, 0.15) is 37.8 Å². The molecule has 9 nitrogen and oxygen atoms in total. The lowest BCUT2D eigenvalue weighted by molar-refractivity contribution is -0.160. The van der Waals surface area contributed by atoms with Gasteiger partial charge >= 0.3 is 11.9 Å². The lowest BCUT2D eigenvalue weighted by Crippen LogP contribution is -2.47. The van der Waals surface area contributed by atoms with Gasteiger partial charge in [-0.25, -0.2) is 9.79 Å². The summed E-state index contributed by atoms with van der Waals surface area (Å²) in [5, 5.41) is 0.582. The van der Waals surface area contributed by atoms with Crippen molar-refractivity contribution < 1.29 is 28.5 Å². The van der Waals surface area contributed by atoms with Crippen LogP contribution < -0.4 is 5.73 Å². The highest BCUT2D eigenvalue weighted by Crippen LogP contribution is 2.31. The van der Waals surface area contributed by atoms with E-state index >= 15 is 0 Å². The Morgan fingerprint density at radius 2 is 1.93 bits per heavy atom. The molecular weight excluding hydrogens is 534 g/mol. The van der Waals surface area contributed by atoms with Crippen molar-refractivity contribution >= 4 is 29.4 Å². The van der Waals surface area contributed by atoms with Crippen LogP contribution in [0.3, 0.4) is 0 Å². The molecule has 0 aliphatic carbocycles. The molecule has 2 aromatic carbocycles. The first kappa shape index (κ1) is 30.0. The smallest absolute Gasteiger partial charge is 0.337 e. The first-order chi connectivity index (χ1) is 19.2. The Balaban J connectivity index is 1.51. The second kappa shape index (κ2) is 13.6. The number of nitrogens with zero attached hydrogens (tertiary/aromatic N) is 2. The fourth-order valence-electron chi connectivity index (χ4n) is 5.08. The fourth-order valence-corrected chi connectivity index (χ4v) is 5.30. The Labute approximate surface area is 240 Å². The van der Waals surface area contributed by atoms with Crippen molar-refractivity contribution in [1.29, 1.82) is 0 Å². The first-order valence-electron chi connectivity index (χ1n) is 13.6. The molecule has 4 rings (SSSR count). The van der Waals surface area contributed by atoms with Crippen LogP contribution in [0.2, 0.25) is 5.02 Å². The second-order valence-electron chi connectivity index (χ2n) is 10.5. The molecule has 0 aromatic heterocycles. The average Bonchev–Trinajstić information content (AvgIpc) is 3.59. The third-order valence-electron chi connectivity index (χ3n) is 7.32. The molecule has 2 aliphatic rings. The van der Waals surface area contributed by atoms with Gasteiger partial charge in [-0.2, -0.15) is 0 Å². The molecule has 0 spiro atoms. The topological polar surface area (TPSA) is 113 Å². The molecule has 0 radical (unpaired) electrons. The third kappa shape index (κ3) is 7.40. The number of ether oxygens (including phenoxy) is 4. The van der Waals surface area contributed by atoms with Crippen molar-refractivity contribution in [3.8, 4) is 0 Å². The molecule has 2 aliphatic heterocycles. The van der Waals surface area contributed by atoms with E-state index in [9.17, 15) is 9.59 Å². The number of aliphatic imine (C=N–C) groups is 1. The zero-order chi connectivity index (χ0) is 28.7. The molecule has 10 heteroatoms. The summed E-state index contributed by atoms with van der Waals surface area (Å²) in [6, 6.07) is 16.2. The summed E-state index contributed by atoms with van der Waals surface area (Å²) in [5.74, 6) is -0.463. The monoisotopic (exact) mass is 571 g/mol. The van der Waals surface area contributed by atoms with E-state index in [1.165, 1.54) is 7.11 Å². The second-order valence-corrected chi connectivity index (χ2v) is 10.9. The molecule has 1 unspecified atom stereocenters. The van der Waals surface area contributed by atoms with Gasteiger partial charge in [0, 0.05) is 18.0 Å². The van der Waals surface area contributed by atoms with Crippen LogP contribution >= 0.6 is 11.6 Å². The maximum atomic E-state index is 13.0. The highest BCUT2D eigenvalue weighted by atomic mass is 35.5. The molecule has 1 saturated heterocycles. The Hall–Kier alpha value is -2.98. The van der Waals surface area contributed by atoms with Gasteiger partial charge in [-0.05, 0) is 56.5 Å². The van der Waals surface area contributed by atoms with Gasteiger partial charge in [-0.3, -0.25) is 9.69 Å². The predicted molar refractivity (Wildman–Crippen MR) is 152 cm³/mol. The van der Waals surface area contributed by atoms with Gasteiger partial charge in [-0.15, -0.1) is 0 Å². The van der Waals surface area contributed by atoms with Crippen molar-refractivity contribution in [2.75, 3.05) is 26.8 Å². The number of hydrogen-bond donors (Lipinski definition) is 1. The summed E-state index contributed by atoms with van der Waals surface area (Å²) in [7, 11) is 1.35. The molecule has 0 amide bonds. The van der Waals surface area contributed by atoms with Crippen molar-refractivity contribution in [3.05, 3.63) is 70.7 Å². The molecule has 2 aromatic rings. The number of hydrogen-bond acceptors (Lipinski definition) is 9. The number of likely N-dealkylation sites (tertiary alicyclic amines) is 1. The summed E-state index contributed by atoms with van der Waals surface area (Å²) < 4.78 is 23.2. The molecule has 216 valence electrons. The van der Waals surface area contributed by atoms with E-state index in [-0.39, 0.29) is 12.6 Å². The SMILES string of the molecule is COC(=O)[C@@]1(Cc2cccc(Cl)c2)COC([C@@H]2CCCN2C[C@@H](OC(=O)[C@H](C)N)C(C)OCc2ccccc2)=N1. The zero-order valence-corrected chi connectivity index (χ0v) is 24.0. The normalized spacial score (nSPS) is 23.1. The van der Waals surface area contributed by atoms with Crippen molar-refractivity contribution in [3.63, 3.8) is 0 Å². The molecular formula is C30H38ClN3O6. The zero-order valence-electron chi connectivity index (χ0n) is 23.3. The average molecular weight is 572 g/mol. The standard InChI is InChI=1S/C30H38ClN3O6/c1-20(32)28(35)40-26(21(2)38-18-22-9-5-4-6-10-22)17-34-14-8-13-25(34)27-33-30(19-39-27,29(36)37-3)16-23-11-7-12-24(31)15-23/h4-7,9-12,15,20-21,25-26H,8,13-14,16-19,32H2,1-3H3/t20-,21?,25-,26+,30+/m0/s1. The van der Waals surface area contributed by atoms with Crippen LogP contribution in [0.25, 0.3) is 0 Å². The van der Waals surface area contributed by atoms with Gasteiger partial charge in [0.2, 0.25) is 5.90 Å². The van der Waals surface area contributed by atoms with Gasteiger partial charge in [0.1, 0.15) is 18.8 Å². The Morgan fingerprint density at radius 1 is 1.18 bits per heavy atom. The predicted octanol–water partition coefficient (Wildman–Crippen LogP) is 3.55. The van der Waals surface area contributed by atoms with E-state index in [0.717, 1.165) is 30.5 Å². The van der Waals surface area contributed by atoms with Crippen molar-refractivity contribution in [1.82, 2.24) is 4.90 Å². The lowest BCUT2D eigenvalue weighted by Gasteiger charge is -2.31. The van der Waals surface area contributed by atoms with Crippen molar-refractivity contribution in [2.24, 2.45) is 10.7 Å². The Kier molecular flexibility index (Phi) is 10.2. The number of benzene rings is 2. The van der Waals surface area contributed by atoms with E-state index in [2.05, 4.69) is 4.90 Å². The van der Waals surface area contributed by atoms with Crippen LogP contribution in [-0.4, -0.2) is 79.4 Å². The number of carbonyl (C=O) groups excluding carboxylic acids is 2. The molecule has 5 atom stereocenters. The largest absolute Gasteiger partial charge is 0.477 e. The highest BCUT2D eigenvalue weighted by molar-refractivity contribution is 6.30. The molecule has 1 fully saturated rings. The first-order valence-corrected chi connectivity index (χ1v) is 14.0. The summed E-state index contributed by atoms with van der Waals surface area (Å²) in [6.45, 7) is 5.11. The van der Waals surface area contributed by atoms with Crippen LogP contribution in [0.15, 0.2) is 59.6 Å². The minimum atomic E-state index is -1.20. The maximum Gasteiger partial charge on any atom is 0.337 e.